The quantitative estimate of drug-likeness (QED) is 0.686. The van der Waals surface area contributed by atoms with Crippen LogP contribution in [0.4, 0.5) is 5.69 Å². The smallest absolute Gasteiger partial charge is 0.354 e. The molecule has 0 atom stereocenters. The average Bonchev–Trinajstić information content (AvgIpc) is 2.41. The summed E-state index contributed by atoms with van der Waals surface area (Å²) in [4.78, 5) is 24.6. The number of carboxylic acids is 1. The van der Waals surface area contributed by atoms with Crippen molar-refractivity contribution in [3.63, 3.8) is 0 Å². The molecule has 8 heteroatoms. The van der Waals surface area contributed by atoms with Gasteiger partial charge in [-0.2, -0.15) is 4.98 Å². The van der Waals surface area contributed by atoms with Crippen LogP contribution in [0.2, 0.25) is 5.02 Å². The molecule has 2 rings (SSSR count). The third kappa shape index (κ3) is 2.83. The van der Waals surface area contributed by atoms with E-state index in [4.69, 9.17) is 21.4 Å². The van der Waals surface area contributed by atoms with E-state index >= 15 is 0 Å². The maximum absolute atomic E-state index is 10.9. The van der Waals surface area contributed by atoms with E-state index in [1.165, 1.54) is 12.1 Å². The van der Waals surface area contributed by atoms with Gasteiger partial charge in [0.1, 0.15) is 5.75 Å². The first kappa shape index (κ1) is 13.8. The van der Waals surface area contributed by atoms with E-state index in [2.05, 4.69) is 4.98 Å². The van der Waals surface area contributed by atoms with Gasteiger partial charge in [0.05, 0.1) is 9.95 Å². The Morgan fingerprint density at radius 3 is 2.60 bits per heavy atom. The minimum atomic E-state index is -1.32. The number of hydrogen-bond acceptors (Lipinski definition) is 5. The average molecular weight is 295 g/mol. The van der Waals surface area contributed by atoms with Crippen LogP contribution >= 0.6 is 11.6 Å². The van der Waals surface area contributed by atoms with Crippen LogP contribution in [-0.4, -0.2) is 21.0 Å². The monoisotopic (exact) mass is 294 g/mol. The summed E-state index contributed by atoms with van der Waals surface area (Å²) in [5.74, 6) is -1.60. The van der Waals surface area contributed by atoms with Gasteiger partial charge in [0, 0.05) is 6.07 Å². The van der Waals surface area contributed by atoms with E-state index in [9.17, 15) is 14.9 Å². The zero-order valence-corrected chi connectivity index (χ0v) is 10.6. The predicted molar refractivity (Wildman–Crippen MR) is 69.4 cm³/mol. The number of rotatable bonds is 4. The highest BCUT2D eigenvalue weighted by Crippen LogP contribution is 2.33. The van der Waals surface area contributed by atoms with Crippen LogP contribution in [0, 0.1) is 10.1 Å². The summed E-state index contributed by atoms with van der Waals surface area (Å²) in [6, 6.07) is 8.34. The van der Waals surface area contributed by atoms with E-state index in [1.807, 2.05) is 0 Å². The van der Waals surface area contributed by atoms with Gasteiger partial charge in [-0.1, -0.05) is 23.7 Å². The number of carbonyl (C=O) groups is 1. The van der Waals surface area contributed by atoms with Crippen LogP contribution in [-0.2, 0) is 0 Å². The molecule has 1 aromatic heterocycles. The van der Waals surface area contributed by atoms with Crippen LogP contribution in [0.3, 0.4) is 0 Å². The topological polar surface area (TPSA) is 103 Å². The molecule has 2 aromatic rings. The van der Waals surface area contributed by atoms with Gasteiger partial charge in [-0.15, -0.1) is 0 Å². The van der Waals surface area contributed by atoms with Crippen LogP contribution in [0.1, 0.15) is 10.5 Å². The van der Waals surface area contributed by atoms with Gasteiger partial charge in [0.2, 0.25) is 0 Å². The van der Waals surface area contributed by atoms with Crippen molar-refractivity contribution in [2.45, 2.75) is 0 Å². The molecular weight excluding hydrogens is 288 g/mol. The summed E-state index contributed by atoms with van der Waals surface area (Å²) in [5.41, 5.74) is -0.812. The van der Waals surface area contributed by atoms with E-state index in [-0.39, 0.29) is 16.5 Å². The van der Waals surface area contributed by atoms with Gasteiger partial charge in [-0.3, -0.25) is 10.1 Å². The molecule has 0 saturated carbocycles. The molecule has 1 N–H and O–H groups in total. The first-order valence-electron chi connectivity index (χ1n) is 5.30. The lowest BCUT2D eigenvalue weighted by molar-refractivity contribution is -0.386. The number of pyridine rings is 1. The fourth-order valence-electron chi connectivity index (χ4n) is 1.40. The molecule has 20 heavy (non-hydrogen) atoms. The Morgan fingerprint density at radius 1 is 1.30 bits per heavy atom. The third-order valence-corrected chi connectivity index (χ3v) is 2.61. The summed E-state index contributed by atoms with van der Waals surface area (Å²) in [5, 5.41) is 20.0. The molecule has 0 aliphatic rings. The van der Waals surface area contributed by atoms with Gasteiger partial charge in [-0.05, 0) is 18.2 Å². The second-order valence-corrected chi connectivity index (χ2v) is 4.02. The molecule has 0 unspecified atom stereocenters. The number of hydrogen-bond donors (Lipinski definition) is 1. The highest BCUT2D eigenvalue weighted by atomic mass is 35.5. The molecule has 0 radical (unpaired) electrons. The molecule has 0 bridgehead atoms. The van der Waals surface area contributed by atoms with E-state index in [0.29, 0.717) is 0 Å². The summed E-state index contributed by atoms with van der Waals surface area (Å²) in [7, 11) is 0. The molecule has 0 fully saturated rings. The number of carboxylic acid groups (broad SMARTS) is 1. The SMILES string of the molecule is O=C(O)c1ccc([N+](=O)[O-])c(Oc2ccccc2Cl)n1. The van der Waals surface area contributed by atoms with E-state index < -0.39 is 22.5 Å². The molecule has 7 nitrogen and oxygen atoms in total. The zero-order chi connectivity index (χ0) is 14.7. The number of nitrogens with zero attached hydrogens (tertiary/aromatic N) is 2. The minimum Gasteiger partial charge on any atom is -0.477 e. The second-order valence-electron chi connectivity index (χ2n) is 3.62. The van der Waals surface area contributed by atoms with Crippen LogP contribution in [0.5, 0.6) is 11.6 Å². The first-order chi connectivity index (χ1) is 9.49. The summed E-state index contributed by atoms with van der Waals surface area (Å²) < 4.78 is 5.24. The Kier molecular flexibility index (Phi) is 3.81. The van der Waals surface area contributed by atoms with Crippen LogP contribution < -0.4 is 4.74 Å². The number of aromatic nitrogens is 1. The van der Waals surface area contributed by atoms with Crippen molar-refractivity contribution in [3.8, 4) is 11.6 Å². The van der Waals surface area contributed by atoms with Crippen molar-refractivity contribution in [3.05, 3.63) is 57.2 Å². The van der Waals surface area contributed by atoms with Crippen LogP contribution in [0.25, 0.3) is 0 Å². The van der Waals surface area contributed by atoms with Crippen molar-refractivity contribution < 1.29 is 19.6 Å². The lowest BCUT2D eigenvalue weighted by Crippen LogP contribution is -2.04. The Balaban J connectivity index is 2.48. The van der Waals surface area contributed by atoms with E-state index in [0.717, 1.165) is 12.1 Å². The van der Waals surface area contributed by atoms with E-state index in [1.54, 1.807) is 12.1 Å². The van der Waals surface area contributed by atoms with Crippen molar-refractivity contribution in [2.24, 2.45) is 0 Å². The molecule has 0 amide bonds. The van der Waals surface area contributed by atoms with Gasteiger partial charge < -0.3 is 9.84 Å². The maximum Gasteiger partial charge on any atom is 0.354 e. The maximum atomic E-state index is 10.9. The molecule has 1 heterocycles. The normalized spacial score (nSPS) is 10.1. The number of ether oxygens (including phenoxy) is 1. The third-order valence-electron chi connectivity index (χ3n) is 2.30. The summed E-state index contributed by atoms with van der Waals surface area (Å²) >= 11 is 5.87. The van der Waals surface area contributed by atoms with Gasteiger partial charge >= 0.3 is 17.5 Å². The molecule has 0 spiro atoms. The Labute approximate surface area is 117 Å². The number of benzene rings is 1. The zero-order valence-electron chi connectivity index (χ0n) is 9.82. The Hall–Kier alpha value is -2.67. The molecule has 0 aliphatic heterocycles. The van der Waals surface area contributed by atoms with Gasteiger partial charge in [0.25, 0.3) is 0 Å². The van der Waals surface area contributed by atoms with Crippen molar-refractivity contribution >= 4 is 23.3 Å². The fraction of sp³-hybridized carbons (Fsp3) is 0. The largest absolute Gasteiger partial charge is 0.477 e. The number of para-hydroxylation sites is 1. The summed E-state index contributed by atoms with van der Waals surface area (Å²) in [6.07, 6.45) is 0. The van der Waals surface area contributed by atoms with Crippen molar-refractivity contribution in [1.82, 2.24) is 4.98 Å². The van der Waals surface area contributed by atoms with Gasteiger partial charge in [0.15, 0.2) is 5.69 Å². The lowest BCUT2D eigenvalue weighted by atomic mass is 10.3. The Bertz CT molecular complexity index is 689. The Morgan fingerprint density at radius 2 is 2.00 bits per heavy atom. The highest BCUT2D eigenvalue weighted by molar-refractivity contribution is 6.32. The number of nitro groups is 1. The lowest BCUT2D eigenvalue weighted by Gasteiger charge is -2.07. The van der Waals surface area contributed by atoms with Gasteiger partial charge in [-0.25, -0.2) is 4.79 Å². The number of aromatic carboxylic acids is 1. The van der Waals surface area contributed by atoms with Crippen LogP contribution in [0.15, 0.2) is 36.4 Å². The molecule has 102 valence electrons. The molecule has 1 aromatic carbocycles. The summed E-state index contributed by atoms with van der Waals surface area (Å²) in [6.45, 7) is 0. The second kappa shape index (κ2) is 5.54. The standard InChI is InChI=1S/C12H7ClN2O5/c13-7-3-1-2-4-10(7)20-11-9(15(18)19)6-5-8(14-11)12(16)17/h1-6H,(H,16,17). The molecule has 0 aliphatic carbocycles. The fourth-order valence-corrected chi connectivity index (χ4v) is 1.57. The molecular formula is C12H7ClN2O5. The molecule has 0 saturated heterocycles. The first-order valence-corrected chi connectivity index (χ1v) is 5.68. The minimum absolute atomic E-state index is 0.146. The van der Waals surface area contributed by atoms with Crippen molar-refractivity contribution in [1.29, 1.82) is 0 Å². The highest BCUT2D eigenvalue weighted by Gasteiger charge is 2.21. The predicted octanol–water partition coefficient (Wildman–Crippen LogP) is 3.13. The number of halogens is 1. The van der Waals surface area contributed by atoms with Crippen molar-refractivity contribution in [2.75, 3.05) is 0 Å².